The Morgan fingerprint density at radius 2 is 1.74 bits per heavy atom. The van der Waals surface area contributed by atoms with Crippen LogP contribution >= 0.6 is 0 Å². The number of hydrogen-bond acceptors (Lipinski definition) is 7. The fourth-order valence-corrected chi connectivity index (χ4v) is 13.6. The smallest absolute Gasteiger partial charge is 0.170 e. The van der Waals surface area contributed by atoms with E-state index in [4.69, 9.17) is 23.7 Å². The molecule has 8 rings (SSSR count). The number of hydrogen-bond donors (Lipinski definition) is 1. The van der Waals surface area contributed by atoms with Crippen molar-refractivity contribution in [2.45, 2.75) is 123 Å². The van der Waals surface area contributed by atoms with E-state index in [-0.39, 0.29) is 40.8 Å². The van der Waals surface area contributed by atoms with E-state index in [0.717, 1.165) is 45.8 Å². The van der Waals surface area contributed by atoms with Crippen LogP contribution in [0.5, 0.6) is 0 Å². The van der Waals surface area contributed by atoms with Crippen LogP contribution in [0.15, 0.2) is 0 Å². The molecule has 8 fully saturated rings. The molecule has 0 radical (unpaired) electrons. The Kier molecular flexibility index (Phi) is 6.68. The molecule has 3 unspecified atom stereocenters. The van der Waals surface area contributed by atoms with Gasteiger partial charge in [-0.15, -0.1) is 0 Å². The van der Waals surface area contributed by atoms with Gasteiger partial charge in [-0.1, -0.05) is 34.6 Å². The van der Waals surface area contributed by atoms with Crippen molar-refractivity contribution in [3.63, 3.8) is 0 Å². The summed E-state index contributed by atoms with van der Waals surface area (Å²) in [6.07, 6.45) is 9.60. The second kappa shape index (κ2) is 9.62. The minimum Gasteiger partial charge on any atom is -0.390 e. The second-order valence-corrected chi connectivity index (χ2v) is 17.2. The van der Waals surface area contributed by atoms with Crippen LogP contribution in [0.1, 0.15) is 86.0 Å². The molecule has 8 aliphatic rings. The van der Waals surface area contributed by atoms with E-state index in [1.54, 1.807) is 7.11 Å². The Labute approximate surface area is 253 Å². The Morgan fingerprint density at radius 3 is 2.48 bits per heavy atom. The molecule has 0 bridgehead atoms. The molecule has 7 heteroatoms. The summed E-state index contributed by atoms with van der Waals surface area (Å²) < 4.78 is 30.8. The minimum atomic E-state index is -0.397. The van der Waals surface area contributed by atoms with Crippen LogP contribution < -0.4 is 0 Å². The lowest BCUT2D eigenvalue weighted by Gasteiger charge is -2.64. The number of aliphatic hydroxyl groups is 1. The molecule has 42 heavy (non-hydrogen) atoms. The lowest BCUT2D eigenvalue weighted by Crippen LogP contribution is -2.60. The van der Waals surface area contributed by atoms with Crippen LogP contribution in [-0.2, 0) is 23.7 Å². The van der Waals surface area contributed by atoms with Crippen molar-refractivity contribution < 1.29 is 28.8 Å². The number of morpholine rings is 1. The maximum atomic E-state index is 12.3. The van der Waals surface area contributed by atoms with Crippen LogP contribution in [0.25, 0.3) is 0 Å². The molecule has 3 heterocycles. The van der Waals surface area contributed by atoms with Gasteiger partial charge in [0.25, 0.3) is 0 Å². The van der Waals surface area contributed by atoms with Crippen molar-refractivity contribution in [3.05, 3.63) is 0 Å². The normalized spacial score (nSPS) is 56.8. The van der Waals surface area contributed by atoms with E-state index in [1.807, 2.05) is 0 Å². The Hall–Kier alpha value is -0.280. The highest BCUT2D eigenvalue weighted by atomic mass is 16.7. The summed E-state index contributed by atoms with van der Waals surface area (Å²) in [5.74, 6) is 2.22. The summed E-state index contributed by atoms with van der Waals surface area (Å²) in [5.41, 5.74) is 0.913. The molecule has 0 amide bonds. The van der Waals surface area contributed by atoms with Crippen molar-refractivity contribution in [2.75, 3.05) is 46.6 Å². The first-order valence-electron chi connectivity index (χ1n) is 17.4. The van der Waals surface area contributed by atoms with E-state index in [0.29, 0.717) is 47.2 Å². The Balaban J connectivity index is 1.03. The van der Waals surface area contributed by atoms with Gasteiger partial charge in [-0.25, -0.2) is 0 Å². The zero-order chi connectivity index (χ0) is 29.3. The molecule has 1 N–H and O–H groups in total. The van der Waals surface area contributed by atoms with Crippen molar-refractivity contribution in [3.8, 4) is 0 Å². The second-order valence-electron chi connectivity index (χ2n) is 17.2. The van der Waals surface area contributed by atoms with Crippen LogP contribution in [0.2, 0.25) is 0 Å². The maximum Gasteiger partial charge on any atom is 0.170 e. The predicted octanol–water partition coefficient (Wildman–Crippen LogP) is 4.89. The van der Waals surface area contributed by atoms with E-state index in [9.17, 15) is 5.11 Å². The zero-order valence-electron chi connectivity index (χ0n) is 27.1. The molecule has 5 aliphatic carbocycles. The molecule has 0 aromatic carbocycles. The molecule has 5 saturated carbocycles. The lowest BCUT2D eigenvalue weighted by atomic mass is 9.41. The maximum absolute atomic E-state index is 12.3. The summed E-state index contributed by atoms with van der Waals surface area (Å²) >= 11 is 0. The predicted molar refractivity (Wildman–Crippen MR) is 159 cm³/mol. The largest absolute Gasteiger partial charge is 0.390 e. The zero-order valence-corrected chi connectivity index (χ0v) is 27.1. The summed E-state index contributed by atoms with van der Waals surface area (Å²) in [4.78, 5) is 2.52. The summed E-state index contributed by atoms with van der Waals surface area (Å²) in [7, 11) is 1.77. The van der Waals surface area contributed by atoms with Crippen LogP contribution in [0.3, 0.4) is 0 Å². The van der Waals surface area contributed by atoms with Gasteiger partial charge in [0.2, 0.25) is 0 Å². The average Bonchev–Trinajstić information content (AvgIpc) is 3.55. The molecular weight excluding hydrogens is 530 g/mol. The number of fused-ring (bicyclic) bond motifs is 4. The highest BCUT2D eigenvalue weighted by Gasteiger charge is 2.84. The van der Waals surface area contributed by atoms with Gasteiger partial charge in [0.15, 0.2) is 6.29 Å². The minimum absolute atomic E-state index is 0.0615. The van der Waals surface area contributed by atoms with Crippen molar-refractivity contribution in [2.24, 2.45) is 50.7 Å². The molecule has 238 valence electrons. The van der Waals surface area contributed by atoms with Gasteiger partial charge >= 0.3 is 0 Å². The van der Waals surface area contributed by atoms with E-state index in [1.165, 1.54) is 38.5 Å². The molecule has 2 spiro atoms. The molecule has 0 aromatic heterocycles. The first-order valence-corrected chi connectivity index (χ1v) is 17.4. The monoisotopic (exact) mass is 587 g/mol. The molecule has 7 nitrogen and oxygen atoms in total. The highest BCUT2D eigenvalue weighted by Crippen LogP contribution is 2.89. The topological polar surface area (TPSA) is 69.6 Å². The van der Waals surface area contributed by atoms with Crippen molar-refractivity contribution >= 4 is 0 Å². The fourth-order valence-electron chi connectivity index (χ4n) is 13.6. The van der Waals surface area contributed by atoms with Crippen molar-refractivity contribution in [1.29, 1.82) is 0 Å². The van der Waals surface area contributed by atoms with Gasteiger partial charge in [-0.05, 0) is 96.7 Å². The SMILES string of the molecule is COCC1C[C@@H](C)[C@H]2C(O1)[C@H](O)[C@@]1(C)[C@@H]3CC[C@H]4C(C)(C)C(O[C@H]5CN(C6COC6)CCO5)CC[C@@]45C[C@@]35CC[C@]21C. The van der Waals surface area contributed by atoms with Gasteiger partial charge < -0.3 is 28.8 Å². The number of aliphatic hydroxyl groups excluding tert-OH is 1. The summed E-state index contributed by atoms with van der Waals surface area (Å²) in [6, 6.07) is 0.539. The number of methoxy groups -OCH3 is 1. The fraction of sp³-hybridized carbons (Fsp3) is 1.00. The third-order valence-corrected chi connectivity index (χ3v) is 15.7. The number of nitrogens with zero attached hydrogens (tertiary/aromatic N) is 1. The standard InChI is InChI=1S/C35H57NO6/c1-21-15-23(19-38-6)41-29-28(21)32(4)11-12-35-20-34(35)10-9-26(42-27-16-36(13-14-40-27)22-17-39-18-22)31(2,3)24(34)7-8-25(35)33(32,5)30(29)37/h21-30,37H,7-20H2,1-6H3/t21-,23?,24+,25+,26?,27+,28+,29?,30+,32-,33-,34-,35+/m1/s1. The third-order valence-electron chi connectivity index (χ3n) is 15.7. The third kappa shape index (κ3) is 3.59. The first kappa shape index (κ1) is 29.1. The molecular formula is C35H57NO6. The van der Waals surface area contributed by atoms with E-state index in [2.05, 4.69) is 39.5 Å². The van der Waals surface area contributed by atoms with Crippen molar-refractivity contribution in [1.82, 2.24) is 4.90 Å². The van der Waals surface area contributed by atoms with Crippen LogP contribution in [0, 0.1) is 50.7 Å². The molecule has 3 aliphatic heterocycles. The van der Waals surface area contributed by atoms with Gasteiger partial charge in [0.05, 0.1) is 63.4 Å². The van der Waals surface area contributed by atoms with Crippen LogP contribution in [-0.4, -0.2) is 93.4 Å². The van der Waals surface area contributed by atoms with E-state index < -0.39 is 6.10 Å². The summed E-state index contributed by atoms with van der Waals surface area (Å²) in [6.45, 7) is 17.4. The Bertz CT molecular complexity index is 1070. The molecule has 3 saturated heterocycles. The summed E-state index contributed by atoms with van der Waals surface area (Å²) in [5, 5.41) is 12.3. The highest BCUT2D eigenvalue weighted by molar-refractivity contribution is 5.32. The quantitative estimate of drug-likeness (QED) is 0.491. The van der Waals surface area contributed by atoms with Gasteiger partial charge in [0, 0.05) is 19.1 Å². The number of ether oxygens (including phenoxy) is 5. The number of rotatable bonds is 5. The average molecular weight is 588 g/mol. The van der Waals surface area contributed by atoms with E-state index >= 15 is 0 Å². The van der Waals surface area contributed by atoms with Gasteiger partial charge in [-0.2, -0.15) is 0 Å². The van der Waals surface area contributed by atoms with Gasteiger partial charge in [-0.3, -0.25) is 4.90 Å². The van der Waals surface area contributed by atoms with Gasteiger partial charge in [0.1, 0.15) is 0 Å². The molecule has 0 aromatic rings. The van der Waals surface area contributed by atoms with Crippen LogP contribution in [0.4, 0.5) is 0 Å². The Morgan fingerprint density at radius 1 is 0.976 bits per heavy atom. The lowest BCUT2D eigenvalue weighted by molar-refractivity contribution is -0.256. The molecule has 13 atom stereocenters. The first-order chi connectivity index (χ1) is 20.0.